The molecule has 3 rings (SSSR count). The highest BCUT2D eigenvalue weighted by Gasteiger charge is 2.42. The highest BCUT2D eigenvalue weighted by Crippen LogP contribution is 2.42. The van der Waals surface area contributed by atoms with Crippen LogP contribution >= 0.6 is 11.8 Å². The highest BCUT2D eigenvalue weighted by molar-refractivity contribution is 7.99. The maximum absolute atomic E-state index is 6.18. The molecule has 3 heteroatoms. The fourth-order valence-electron chi connectivity index (χ4n) is 4.15. The Morgan fingerprint density at radius 1 is 1.50 bits per heavy atom. The van der Waals surface area contributed by atoms with Crippen LogP contribution in [0.25, 0.3) is 0 Å². The van der Waals surface area contributed by atoms with Crippen molar-refractivity contribution in [2.24, 2.45) is 5.92 Å². The summed E-state index contributed by atoms with van der Waals surface area (Å²) in [6.07, 6.45) is 13.0. The van der Waals surface area contributed by atoms with Gasteiger partial charge in [0, 0.05) is 18.4 Å². The third-order valence-electron chi connectivity index (χ3n) is 5.41. The molecule has 1 spiro atoms. The SMILES string of the molecule is CNC(CC1=CCCCC1)C1CCOC2(CCSC2)C1. The number of nitrogens with one attached hydrogen (secondary N) is 1. The van der Waals surface area contributed by atoms with Gasteiger partial charge in [0.2, 0.25) is 0 Å². The predicted molar refractivity (Wildman–Crippen MR) is 87.4 cm³/mol. The number of ether oxygens (including phenoxy) is 1. The van der Waals surface area contributed by atoms with Crippen LogP contribution in [0.5, 0.6) is 0 Å². The van der Waals surface area contributed by atoms with Crippen molar-refractivity contribution in [2.45, 2.75) is 63.0 Å². The van der Waals surface area contributed by atoms with Crippen molar-refractivity contribution in [3.05, 3.63) is 11.6 Å². The van der Waals surface area contributed by atoms with E-state index >= 15 is 0 Å². The van der Waals surface area contributed by atoms with Gasteiger partial charge in [0.1, 0.15) is 0 Å². The Balaban J connectivity index is 1.61. The minimum atomic E-state index is 0.226. The van der Waals surface area contributed by atoms with E-state index in [9.17, 15) is 0 Å². The zero-order chi connectivity index (χ0) is 13.8. The van der Waals surface area contributed by atoms with E-state index in [2.05, 4.69) is 30.2 Å². The molecule has 2 fully saturated rings. The van der Waals surface area contributed by atoms with E-state index in [1.54, 1.807) is 5.57 Å². The molecule has 0 saturated carbocycles. The van der Waals surface area contributed by atoms with E-state index in [-0.39, 0.29) is 5.60 Å². The van der Waals surface area contributed by atoms with Gasteiger partial charge >= 0.3 is 0 Å². The molecular formula is C17H29NOS. The van der Waals surface area contributed by atoms with Gasteiger partial charge in [0.25, 0.3) is 0 Å². The minimum absolute atomic E-state index is 0.226. The lowest BCUT2D eigenvalue weighted by molar-refractivity contribution is -0.0847. The smallest absolute Gasteiger partial charge is 0.0783 e. The summed E-state index contributed by atoms with van der Waals surface area (Å²) in [5.41, 5.74) is 1.93. The van der Waals surface area contributed by atoms with Gasteiger partial charge in [-0.25, -0.2) is 0 Å². The Kier molecular flexibility index (Phi) is 5.11. The van der Waals surface area contributed by atoms with Gasteiger partial charge < -0.3 is 10.1 Å². The molecule has 3 unspecified atom stereocenters. The molecule has 0 radical (unpaired) electrons. The summed E-state index contributed by atoms with van der Waals surface area (Å²) in [5, 5.41) is 3.62. The molecule has 0 amide bonds. The van der Waals surface area contributed by atoms with Crippen LogP contribution in [0, 0.1) is 5.92 Å². The predicted octanol–water partition coefficient (Wildman–Crippen LogP) is 3.77. The molecular weight excluding hydrogens is 266 g/mol. The van der Waals surface area contributed by atoms with Crippen LogP contribution in [0.3, 0.4) is 0 Å². The van der Waals surface area contributed by atoms with Crippen LogP contribution < -0.4 is 5.32 Å². The average Bonchev–Trinajstić information content (AvgIpc) is 2.93. The van der Waals surface area contributed by atoms with Crippen LogP contribution in [-0.4, -0.2) is 36.8 Å². The monoisotopic (exact) mass is 295 g/mol. The molecule has 0 bridgehead atoms. The summed E-state index contributed by atoms with van der Waals surface area (Å²) < 4.78 is 6.18. The minimum Gasteiger partial charge on any atom is -0.374 e. The molecule has 3 aliphatic rings. The average molecular weight is 295 g/mol. The number of hydrogen-bond donors (Lipinski definition) is 1. The molecule has 2 nitrogen and oxygen atoms in total. The van der Waals surface area contributed by atoms with E-state index in [1.807, 2.05) is 0 Å². The molecule has 2 heterocycles. The van der Waals surface area contributed by atoms with Gasteiger partial charge in [-0.2, -0.15) is 11.8 Å². The van der Waals surface area contributed by atoms with E-state index in [4.69, 9.17) is 4.74 Å². The van der Waals surface area contributed by atoms with Crippen LogP contribution in [0.1, 0.15) is 51.4 Å². The lowest BCUT2D eigenvalue weighted by Crippen LogP contribution is -2.46. The van der Waals surface area contributed by atoms with Gasteiger partial charge in [-0.3, -0.25) is 0 Å². The molecule has 1 aliphatic carbocycles. The van der Waals surface area contributed by atoms with Crippen molar-refractivity contribution in [3.8, 4) is 0 Å². The molecule has 114 valence electrons. The Bertz CT molecular complexity index is 349. The maximum atomic E-state index is 6.18. The van der Waals surface area contributed by atoms with Crippen molar-refractivity contribution in [1.82, 2.24) is 5.32 Å². The zero-order valence-electron chi connectivity index (χ0n) is 12.8. The van der Waals surface area contributed by atoms with E-state index < -0.39 is 0 Å². The quantitative estimate of drug-likeness (QED) is 0.798. The topological polar surface area (TPSA) is 21.3 Å². The second-order valence-electron chi connectivity index (χ2n) is 6.79. The second-order valence-corrected chi connectivity index (χ2v) is 7.90. The first kappa shape index (κ1) is 14.9. The second kappa shape index (κ2) is 6.85. The van der Waals surface area contributed by atoms with E-state index in [0.29, 0.717) is 6.04 Å². The Morgan fingerprint density at radius 3 is 3.15 bits per heavy atom. The Labute approximate surface area is 128 Å². The highest BCUT2D eigenvalue weighted by atomic mass is 32.2. The molecule has 1 N–H and O–H groups in total. The molecule has 0 aromatic carbocycles. The van der Waals surface area contributed by atoms with Crippen LogP contribution in [0.2, 0.25) is 0 Å². The Hall–Kier alpha value is 0.01000. The fraction of sp³-hybridized carbons (Fsp3) is 0.882. The van der Waals surface area contributed by atoms with E-state index in [0.717, 1.165) is 12.5 Å². The molecule has 20 heavy (non-hydrogen) atoms. The fourth-order valence-corrected chi connectivity index (χ4v) is 5.53. The summed E-state index contributed by atoms with van der Waals surface area (Å²) in [6, 6.07) is 0.658. The van der Waals surface area contributed by atoms with Crippen molar-refractivity contribution in [2.75, 3.05) is 25.2 Å². The molecule has 3 atom stereocenters. The lowest BCUT2D eigenvalue weighted by atomic mass is 9.78. The van der Waals surface area contributed by atoms with Crippen LogP contribution in [0.4, 0.5) is 0 Å². The van der Waals surface area contributed by atoms with Gasteiger partial charge in [-0.15, -0.1) is 0 Å². The standard InChI is InChI=1S/C17H29NOS/c1-18-16(11-14-5-3-2-4-6-14)15-7-9-19-17(12-15)8-10-20-13-17/h5,15-16,18H,2-4,6-13H2,1H3. The summed E-state index contributed by atoms with van der Waals surface area (Å²) in [5.74, 6) is 3.32. The van der Waals surface area contributed by atoms with Gasteiger partial charge in [0.05, 0.1) is 5.60 Å². The van der Waals surface area contributed by atoms with Crippen molar-refractivity contribution in [1.29, 1.82) is 0 Å². The van der Waals surface area contributed by atoms with Crippen LogP contribution in [0.15, 0.2) is 11.6 Å². The normalized spacial score (nSPS) is 36.0. The largest absolute Gasteiger partial charge is 0.374 e. The number of hydrogen-bond acceptors (Lipinski definition) is 3. The van der Waals surface area contributed by atoms with Crippen molar-refractivity contribution in [3.63, 3.8) is 0 Å². The summed E-state index contributed by atoms with van der Waals surface area (Å²) in [6.45, 7) is 0.975. The van der Waals surface area contributed by atoms with Crippen molar-refractivity contribution >= 4 is 11.8 Å². The zero-order valence-corrected chi connectivity index (χ0v) is 13.6. The number of rotatable bonds is 4. The van der Waals surface area contributed by atoms with E-state index in [1.165, 1.54) is 62.9 Å². The summed E-state index contributed by atoms with van der Waals surface area (Å²) in [4.78, 5) is 0. The maximum Gasteiger partial charge on any atom is 0.0783 e. The lowest BCUT2D eigenvalue weighted by Gasteiger charge is -2.41. The number of allylic oxidation sites excluding steroid dienone is 1. The van der Waals surface area contributed by atoms with Gasteiger partial charge in [-0.05, 0) is 70.1 Å². The van der Waals surface area contributed by atoms with Gasteiger partial charge in [-0.1, -0.05) is 11.6 Å². The number of thioether (sulfide) groups is 1. The van der Waals surface area contributed by atoms with Crippen molar-refractivity contribution < 1.29 is 4.74 Å². The first-order valence-corrected chi connectivity index (χ1v) is 9.54. The summed E-state index contributed by atoms with van der Waals surface area (Å²) in [7, 11) is 2.15. The van der Waals surface area contributed by atoms with Crippen LogP contribution in [-0.2, 0) is 4.74 Å². The molecule has 2 aliphatic heterocycles. The molecule has 0 aromatic rings. The third kappa shape index (κ3) is 3.42. The molecule has 0 aromatic heterocycles. The molecule has 2 saturated heterocycles. The Morgan fingerprint density at radius 2 is 2.45 bits per heavy atom. The third-order valence-corrected chi connectivity index (χ3v) is 6.63. The first-order chi connectivity index (χ1) is 9.81. The first-order valence-electron chi connectivity index (χ1n) is 8.38. The summed E-state index contributed by atoms with van der Waals surface area (Å²) >= 11 is 2.08. The van der Waals surface area contributed by atoms with Gasteiger partial charge in [0.15, 0.2) is 0 Å².